The normalized spacial score (nSPS) is 32.2. The SMILES string of the molecule is CCCC(C)N1C/C=C\CCC(=O)NC[C@H](c2ccccc2)OC(=O)[C@H]2[C@@H]3O[C@@]4(C=C3Br)[C@@H]2C(=O)N([C@@H](CO)CC(C)C)[C@@H]4C1=O. The second kappa shape index (κ2) is 14.4. The van der Waals surface area contributed by atoms with Crippen LogP contribution in [0.1, 0.15) is 71.5 Å². The van der Waals surface area contributed by atoms with E-state index >= 15 is 0 Å². The lowest BCUT2D eigenvalue weighted by atomic mass is 9.74. The first kappa shape index (κ1) is 34.3. The molecule has 10 nitrogen and oxygen atoms in total. The van der Waals surface area contributed by atoms with Gasteiger partial charge in [0.15, 0.2) is 0 Å². The fraction of sp³-hybridized carbons (Fsp3) is 0.600. The van der Waals surface area contributed by atoms with Crippen LogP contribution in [0.5, 0.6) is 0 Å². The Morgan fingerprint density at radius 1 is 1.09 bits per heavy atom. The minimum absolute atomic E-state index is 0.0633. The molecule has 250 valence electrons. The predicted molar refractivity (Wildman–Crippen MR) is 175 cm³/mol. The molecule has 0 saturated carbocycles. The first-order valence-electron chi connectivity index (χ1n) is 16.5. The van der Waals surface area contributed by atoms with E-state index in [-0.39, 0.29) is 49.9 Å². The number of amides is 3. The first-order valence-corrected chi connectivity index (χ1v) is 17.3. The third-order valence-electron chi connectivity index (χ3n) is 9.66. The van der Waals surface area contributed by atoms with Crippen LogP contribution >= 0.6 is 15.9 Å². The zero-order valence-corrected chi connectivity index (χ0v) is 28.6. The summed E-state index contributed by atoms with van der Waals surface area (Å²) in [5, 5.41) is 13.5. The fourth-order valence-corrected chi connectivity index (χ4v) is 8.30. The van der Waals surface area contributed by atoms with E-state index in [4.69, 9.17) is 9.47 Å². The summed E-state index contributed by atoms with van der Waals surface area (Å²) in [6, 6.07) is 7.27. The highest BCUT2D eigenvalue weighted by molar-refractivity contribution is 9.11. The smallest absolute Gasteiger partial charge is 0.313 e. The number of aliphatic hydroxyl groups excluding tert-OH is 1. The van der Waals surface area contributed by atoms with Gasteiger partial charge in [-0.1, -0.05) is 85.6 Å². The van der Waals surface area contributed by atoms with Gasteiger partial charge in [-0.15, -0.1) is 0 Å². The van der Waals surface area contributed by atoms with Crippen LogP contribution in [0, 0.1) is 17.8 Å². The number of hydrogen-bond donors (Lipinski definition) is 2. The molecule has 1 unspecified atom stereocenters. The Labute approximate surface area is 279 Å². The zero-order chi connectivity index (χ0) is 33.2. The van der Waals surface area contributed by atoms with Crippen molar-refractivity contribution in [1.82, 2.24) is 15.1 Å². The lowest BCUT2D eigenvalue weighted by Gasteiger charge is -2.40. The van der Waals surface area contributed by atoms with Gasteiger partial charge in [0.2, 0.25) is 17.7 Å². The van der Waals surface area contributed by atoms with Gasteiger partial charge in [0.05, 0.1) is 25.1 Å². The number of likely N-dealkylation sites (tertiary alicyclic amines) is 1. The summed E-state index contributed by atoms with van der Waals surface area (Å²) in [7, 11) is 0. The summed E-state index contributed by atoms with van der Waals surface area (Å²) in [6.07, 6.45) is 6.73. The number of hydrogen-bond acceptors (Lipinski definition) is 7. The van der Waals surface area contributed by atoms with E-state index in [9.17, 15) is 24.3 Å². The predicted octanol–water partition coefficient (Wildman–Crippen LogP) is 4.03. The second-order valence-electron chi connectivity index (χ2n) is 13.3. The largest absolute Gasteiger partial charge is 0.455 e. The third-order valence-corrected chi connectivity index (χ3v) is 10.3. The average molecular weight is 701 g/mol. The molecule has 8 atom stereocenters. The Kier molecular flexibility index (Phi) is 10.7. The zero-order valence-electron chi connectivity index (χ0n) is 27.1. The Morgan fingerprint density at radius 3 is 2.50 bits per heavy atom. The van der Waals surface area contributed by atoms with E-state index in [0.29, 0.717) is 22.9 Å². The van der Waals surface area contributed by atoms with Crippen molar-refractivity contribution in [1.29, 1.82) is 0 Å². The number of nitrogens with one attached hydrogen (secondary N) is 1. The van der Waals surface area contributed by atoms with Crippen LogP contribution in [0.25, 0.3) is 0 Å². The summed E-state index contributed by atoms with van der Waals surface area (Å²) in [6.45, 7) is 8.07. The Hall–Kier alpha value is -3.02. The minimum atomic E-state index is -1.43. The van der Waals surface area contributed by atoms with Crippen molar-refractivity contribution in [3.8, 4) is 0 Å². The molecule has 2 saturated heterocycles. The van der Waals surface area contributed by atoms with Gasteiger partial charge in [-0.25, -0.2) is 0 Å². The number of esters is 1. The summed E-state index contributed by atoms with van der Waals surface area (Å²) >= 11 is 3.60. The van der Waals surface area contributed by atoms with Crippen LogP contribution in [-0.4, -0.2) is 88.1 Å². The fourth-order valence-electron chi connectivity index (χ4n) is 7.57. The van der Waals surface area contributed by atoms with Gasteiger partial charge in [-0.3, -0.25) is 19.2 Å². The monoisotopic (exact) mass is 699 g/mol. The second-order valence-corrected chi connectivity index (χ2v) is 14.2. The molecule has 46 heavy (non-hydrogen) atoms. The van der Waals surface area contributed by atoms with Crippen LogP contribution < -0.4 is 5.32 Å². The highest BCUT2D eigenvalue weighted by atomic mass is 79.9. The molecule has 0 aromatic heterocycles. The Balaban J connectivity index is 1.63. The van der Waals surface area contributed by atoms with Crippen molar-refractivity contribution in [3.05, 3.63) is 58.6 Å². The Morgan fingerprint density at radius 2 is 1.83 bits per heavy atom. The number of rotatable bonds is 8. The van der Waals surface area contributed by atoms with Crippen molar-refractivity contribution in [2.24, 2.45) is 17.8 Å². The van der Waals surface area contributed by atoms with E-state index < -0.39 is 53.6 Å². The van der Waals surface area contributed by atoms with Crippen LogP contribution in [0.15, 0.2) is 53.0 Å². The van der Waals surface area contributed by atoms with Crippen LogP contribution in [0.2, 0.25) is 0 Å². The van der Waals surface area contributed by atoms with Crippen molar-refractivity contribution in [2.75, 3.05) is 19.7 Å². The van der Waals surface area contributed by atoms with Gasteiger partial charge in [-0.05, 0) is 43.7 Å². The molecule has 5 bridgehead atoms. The molecule has 1 spiro atoms. The van der Waals surface area contributed by atoms with Crippen molar-refractivity contribution >= 4 is 39.6 Å². The molecule has 0 aliphatic carbocycles. The Bertz CT molecular complexity index is 1370. The van der Waals surface area contributed by atoms with E-state index in [0.717, 1.165) is 12.8 Å². The molecule has 5 rings (SSSR count). The third kappa shape index (κ3) is 6.42. The number of allylic oxidation sites excluding steroid dienone is 1. The van der Waals surface area contributed by atoms with Crippen molar-refractivity contribution in [2.45, 2.75) is 95.7 Å². The number of fused-ring (bicyclic) bond motifs is 2. The minimum Gasteiger partial charge on any atom is -0.455 e. The number of aliphatic hydroxyl groups is 1. The van der Waals surface area contributed by atoms with E-state index in [2.05, 4.69) is 28.2 Å². The number of halogens is 1. The topological polar surface area (TPSA) is 125 Å². The summed E-state index contributed by atoms with van der Waals surface area (Å²) in [5.41, 5.74) is -0.725. The summed E-state index contributed by atoms with van der Waals surface area (Å²) in [4.78, 5) is 59.8. The van der Waals surface area contributed by atoms with Crippen LogP contribution in [0.4, 0.5) is 0 Å². The molecule has 4 heterocycles. The van der Waals surface area contributed by atoms with Crippen LogP contribution in [0.3, 0.4) is 0 Å². The molecule has 11 heteroatoms. The van der Waals surface area contributed by atoms with Gasteiger partial charge >= 0.3 is 5.97 Å². The maximum Gasteiger partial charge on any atom is 0.313 e. The van der Waals surface area contributed by atoms with Crippen LogP contribution in [-0.2, 0) is 28.7 Å². The van der Waals surface area contributed by atoms with Gasteiger partial charge < -0.3 is 29.7 Å². The standard InChI is InChI=1S/C35H46BrN3O7/c1-5-12-22(4)38-16-11-7-10-15-27(41)37-19-26(23-13-8-6-9-14-23)45-34(44)28-29-32(42)39(24(20-40)17-21(2)3)31(33(38)43)35(29)18-25(36)30(28)46-35/h6-9,11,13-14,18,21-22,24,26,28-31,40H,5,10,12,15-17,19-20H2,1-4H3,(H,37,41)/b11-7-/t22?,24-,26-,28-,29+,30-,31-,35+/m1/s1. The molecular formula is C35H46BrN3O7. The van der Waals surface area contributed by atoms with Gasteiger partial charge in [0, 0.05) is 23.5 Å². The number of carbonyl (C=O) groups is 4. The molecule has 1 aromatic rings. The van der Waals surface area contributed by atoms with Gasteiger partial charge in [0.1, 0.15) is 29.8 Å². The molecule has 4 aliphatic rings. The number of carbonyl (C=O) groups excluding carboxylic acids is 4. The highest BCUT2D eigenvalue weighted by Crippen LogP contribution is 2.59. The van der Waals surface area contributed by atoms with E-state index in [1.54, 1.807) is 11.0 Å². The molecule has 3 amide bonds. The molecule has 2 N–H and O–H groups in total. The molecule has 4 aliphatic heterocycles. The summed E-state index contributed by atoms with van der Waals surface area (Å²) < 4.78 is 13.3. The summed E-state index contributed by atoms with van der Waals surface area (Å²) in [5.74, 6) is -3.45. The number of benzene rings is 1. The first-order chi connectivity index (χ1) is 22.0. The molecule has 1 aromatic carbocycles. The number of ether oxygens (including phenoxy) is 2. The maximum atomic E-state index is 14.9. The maximum absolute atomic E-state index is 14.9. The quantitative estimate of drug-likeness (QED) is 0.310. The van der Waals surface area contributed by atoms with E-state index in [1.807, 2.05) is 63.3 Å². The molecular weight excluding hydrogens is 654 g/mol. The number of nitrogens with zero attached hydrogens (tertiary/aromatic N) is 2. The lowest BCUT2D eigenvalue weighted by molar-refractivity contribution is -0.160. The van der Waals surface area contributed by atoms with Crippen molar-refractivity contribution < 1.29 is 33.8 Å². The number of cyclic esters (lactones) is 1. The molecule has 2 fully saturated rings. The molecule has 0 radical (unpaired) electrons. The van der Waals surface area contributed by atoms with Crippen molar-refractivity contribution in [3.63, 3.8) is 0 Å². The van der Waals surface area contributed by atoms with Gasteiger partial charge in [0.25, 0.3) is 0 Å². The average Bonchev–Trinajstić information content (AvgIpc) is 3.62. The lowest BCUT2D eigenvalue weighted by Crippen LogP contribution is -2.60. The van der Waals surface area contributed by atoms with Gasteiger partial charge in [-0.2, -0.15) is 0 Å². The highest BCUT2D eigenvalue weighted by Gasteiger charge is 2.75. The van der Waals surface area contributed by atoms with E-state index in [1.165, 1.54) is 4.90 Å².